The minimum absolute atomic E-state index is 0.0338. The van der Waals surface area contributed by atoms with Crippen LogP contribution in [0.4, 0.5) is 0 Å². The van der Waals surface area contributed by atoms with Crippen molar-refractivity contribution in [2.45, 2.75) is 87.7 Å². The first-order valence-corrected chi connectivity index (χ1v) is 13.9. The van der Waals surface area contributed by atoms with Gasteiger partial charge in [0.1, 0.15) is 11.5 Å². The summed E-state index contributed by atoms with van der Waals surface area (Å²) in [5.74, 6) is 1.92. The zero-order chi connectivity index (χ0) is 26.9. The molecule has 198 valence electrons. The third-order valence-electron chi connectivity index (χ3n) is 5.66. The Labute approximate surface area is 219 Å². The van der Waals surface area contributed by atoms with E-state index in [1.807, 2.05) is 97.1 Å². The fourth-order valence-corrected chi connectivity index (χ4v) is 4.25. The third-order valence-corrected chi connectivity index (χ3v) is 5.66. The number of piperidine rings is 1. The number of hydrogen-bond donors (Lipinski definition) is 0. The number of ether oxygens (including phenoxy) is 1. The Morgan fingerprint density at radius 3 is 2.11 bits per heavy atom. The second kappa shape index (κ2) is 17.4. The van der Waals surface area contributed by atoms with E-state index >= 15 is 0 Å². The van der Waals surface area contributed by atoms with Gasteiger partial charge in [0.25, 0.3) is 0 Å². The van der Waals surface area contributed by atoms with E-state index in [2.05, 4.69) is 33.8 Å². The summed E-state index contributed by atoms with van der Waals surface area (Å²) in [4.78, 5) is 19.4. The molecule has 3 heterocycles. The Morgan fingerprint density at radius 2 is 1.44 bits per heavy atom. The van der Waals surface area contributed by atoms with Gasteiger partial charge in [-0.3, -0.25) is 4.79 Å². The lowest BCUT2D eigenvalue weighted by Gasteiger charge is -2.32. The molecule has 6 bridgehead atoms. The van der Waals surface area contributed by atoms with Crippen LogP contribution < -0.4 is 4.74 Å². The quantitative estimate of drug-likeness (QED) is 0.318. The molecule has 1 atom stereocenters. The summed E-state index contributed by atoms with van der Waals surface area (Å²) in [6.07, 6.45) is 6.46. The number of fused-ring (bicyclic) bond motifs is 7. The summed E-state index contributed by atoms with van der Waals surface area (Å²) < 4.78 is 8.24. The molecular formula is C31H47N3O2. The van der Waals surface area contributed by atoms with Crippen LogP contribution >= 0.6 is 0 Å². The van der Waals surface area contributed by atoms with Gasteiger partial charge in [0.2, 0.25) is 5.91 Å². The monoisotopic (exact) mass is 493 g/mol. The second-order valence-corrected chi connectivity index (χ2v) is 7.71. The van der Waals surface area contributed by atoms with Crippen molar-refractivity contribution in [2.75, 3.05) is 6.54 Å². The number of carbonyl (C=O) groups is 1. The molecule has 0 saturated carbocycles. The number of benzene rings is 2. The van der Waals surface area contributed by atoms with Crippen molar-refractivity contribution in [3.05, 3.63) is 77.9 Å². The van der Waals surface area contributed by atoms with Crippen LogP contribution in [0, 0.1) is 5.92 Å². The lowest BCUT2D eigenvalue weighted by atomic mass is 9.90. The van der Waals surface area contributed by atoms with Crippen molar-refractivity contribution in [1.29, 1.82) is 0 Å². The Morgan fingerprint density at radius 1 is 0.833 bits per heavy atom. The topological polar surface area (TPSA) is 47.4 Å². The lowest BCUT2D eigenvalue weighted by molar-refractivity contribution is -0.139. The van der Waals surface area contributed by atoms with Gasteiger partial charge in [-0.25, -0.2) is 4.98 Å². The van der Waals surface area contributed by atoms with Crippen LogP contribution in [0.2, 0.25) is 0 Å². The van der Waals surface area contributed by atoms with Crippen LogP contribution in [0.25, 0.3) is 0 Å². The van der Waals surface area contributed by atoms with Crippen molar-refractivity contribution >= 4 is 5.91 Å². The number of imidazole rings is 1. The van der Waals surface area contributed by atoms with Gasteiger partial charge in [0.05, 0.1) is 18.6 Å². The molecule has 5 nitrogen and oxygen atoms in total. The van der Waals surface area contributed by atoms with Crippen molar-refractivity contribution in [3.63, 3.8) is 0 Å². The molecular weight excluding hydrogens is 446 g/mol. The maximum atomic E-state index is 13.1. The number of amides is 1. The summed E-state index contributed by atoms with van der Waals surface area (Å²) in [6.45, 7) is 18.1. The summed E-state index contributed by atoms with van der Waals surface area (Å²) >= 11 is 0. The smallest absolute Gasteiger partial charge is 0.226 e. The van der Waals surface area contributed by atoms with Crippen LogP contribution in [0.5, 0.6) is 11.5 Å². The molecule has 1 saturated heterocycles. The van der Waals surface area contributed by atoms with Gasteiger partial charge in [-0.15, -0.1) is 0 Å². The predicted octanol–water partition coefficient (Wildman–Crippen LogP) is 8.12. The molecule has 1 fully saturated rings. The van der Waals surface area contributed by atoms with Gasteiger partial charge in [0, 0.05) is 25.2 Å². The molecule has 1 unspecified atom stereocenters. The molecule has 2 aliphatic rings. The van der Waals surface area contributed by atoms with E-state index in [0.717, 1.165) is 54.1 Å². The van der Waals surface area contributed by atoms with Gasteiger partial charge in [-0.05, 0) is 54.7 Å². The summed E-state index contributed by atoms with van der Waals surface area (Å²) in [7, 11) is 0. The van der Waals surface area contributed by atoms with Crippen LogP contribution in [0.15, 0.2) is 61.1 Å². The molecule has 36 heavy (non-hydrogen) atoms. The number of rotatable bonds is 0. The van der Waals surface area contributed by atoms with E-state index in [-0.39, 0.29) is 11.8 Å². The summed E-state index contributed by atoms with van der Waals surface area (Å²) in [6, 6.07) is 16.3. The zero-order valence-electron chi connectivity index (χ0n) is 23.8. The van der Waals surface area contributed by atoms with Crippen molar-refractivity contribution < 1.29 is 9.53 Å². The number of hydrogen-bond acceptors (Lipinski definition) is 3. The fourth-order valence-electron chi connectivity index (χ4n) is 4.25. The highest BCUT2D eigenvalue weighted by Gasteiger charge is 2.29. The van der Waals surface area contributed by atoms with E-state index in [4.69, 9.17) is 4.74 Å². The van der Waals surface area contributed by atoms with Crippen molar-refractivity contribution in [3.8, 4) is 11.5 Å². The third kappa shape index (κ3) is 8.54. The fraction of sp³-hybridized carbons (Fsp3) is 0.484. The Bertz CT molecular complexity index is 1010. The number of aromatic nitrogens is 2. The molecule has 0 N–H and O–H groups in total. The summed E-state index contributed by atoms with van der Waals surface area (Å²) in [5, 5.41) is 0. The van der Waals surface area contributed by atoms with Crippen LogP contribution in [0.1, 0.15) is 85.1 Å². The minimum atomic E-state index is 0.0338. The average Bonchev–Trinajstić information content (AvgIpc) is 3.37. The average molecular weight is 494 g/mol. The summed E-state index contributed by atoms with van der Waals surface area (Å²) in [5.41, 5.74) is 3.36. The van der Waals surface area contributed by atoms with E-state index in [1.165, 1.54) is 0 Å². The van der Waals surface area contributed by atoms with Gasteiger partial charge in [-0.2, -0.15) is 0 Å². The highest BCUT2D eigenvalue weighted by atomic mass is 16.5. The van der Waals surface area contributed by atoms with E-state index in [0.29, 0.717) is 13.1 Å². The molecule has 0 radical (unpaired) electrons. The van der Waals surface area contributed by atoms with Crippen LogP contribution in [-0.2, 0) is 24.3 Å². The molecule has 2 aromatic carbocycles. The maximum Gasteiger partial charge on any atom is 0.226 e. The highest BCUT2D eigenvalue weighted by Crippen LogP contribution is 2.28. The molecule has 1 aromatic heterocycles. The molecule has 5 heteroatoms. The first-order valence-electron chi connectivity index (χ1n) is 13.9. The Hall–Kier alpha value is -3.08. The SMILES string of the molecule is CC.CC.CC.CC.O=C1C2CCCN1Cc1cncn1Cc1cccc(c1)Oc1cccc(c1)C2. The molecule has 5 rings (SSSR count). The first-order chi connectivity index (χ1) is 17.7. The first kappa shape index (κ1) is 31.0. The van der Waals surface area contributed by atoms with Crippen molar-refractivity contribution in [2.24, 2.45) is 5.92 Å². The van der Waals surface area contributed by atoms with Crippen LogP contribution in [0.3, 0.4) is 0 Å². The largest absolute Gasteiger partial charge is 0.457 e. The number of carbonyl (C=O) groups excluding carboxylic acids is 1. The molecule has 3 aromatic rings. The van der Waals surface area contributed by atoms with E-state index in [9.17, 15) is 4.79 Å². The minimum Gasteiger partial charge on any atom is -0.457 e. The Balaban J connectivity index is 0.000000741. The predicted molar refractivity (Wildman–Crippen MR) is 152 cm³/mol. The molecule has 0 aliphatic carbocycles. The standard InChI is InChI=1S/C23H23N3O2.4C2H6/c27-23-19-6-3-9-25(23)15-20-13-24-16-26(20)14-18-5-2-8-22(12-18)28-21-7-1-4-17(10-19)11-21;4*1-2/h1-2,4-5,7-8,11-13,16,19H,3,6,9-10,14-15H2;4*1-2H3. The highest BCUT2D eigenvalue weighted by molar-refractivity contribution is 5.79. The normalized spacial score (nSPS) is 15.6. The zero-order valence-corrected chi connectivity index (χ0v) is 23.8. The van der Waals surface area contributed by atoms with Gasteiger partial charge in [-0.1, -0.05) is 79.7 Å². The second-order valence-electron chi connectivity index (χ2n) is 7.71. The lowest BCUT2D eigenvalue weighted by Crippen LogP contribution is -2.41. The van der Waals surface area contributed by atoms with Crippen molar-refractivity contribution in [1.82, 2.24) is 14.5 Å². The maximum absolute atomic E-state index is 13.1. The van der Waals surface area contributed by atoms with E-state index < -0.39 is 0 Å². The van der Waals surface area contributed by atoms with Gasteiger partial charge >= 0.3 is 0 Å². The van der Waals surface area contributed by atoms with Gasteiger partial charge < -0.3 is 14.2 Å². The molecule has 2 aliphatic heterocycles. The molecule has 1 amide bonds. The number of nitrogens with zero attached hydrogens (tertiary/aromatic N) is 3. The van der Waals surface area contributed by atoms with Crippen LogP contribution in [-0.4, -0.2) is 26.9 Å². The van der Waals surface area contributed by atoms with E-state index in [1.54, 1.807) is 0 Å². The Kier molecular flexibility index (Phi) is 14.9. The van der Waals surface area contributed by atoms with Gasteiger partial charge in [0.15, 0.2) is 0 Å². The molecule has 0 spiro atoms.